The number of primary amides is 1. The van der Waals surface area contributed by atoms with Gasteiger partial charge < -0.3 is 16.0 Å². The van der Waals surface area contributed by atoms with Crippen LogP contribution >= 0.6 is 0 Å². The molecule has 6 nitrogen and oxygen atoms in total. The monoisotopic (exact) mass is 302 g/mol. The summed E-state index contributed by atoms with van der Waals surface area (Å²) in [5.41, 5.74) is 6.54. The number of benzene rings is 1. The first kappa shape index (κ1) is 16.0. The van der Waals surface area contributed by atoms with Gasteiger partial charge in [-0.25, -0.2) is 0 Å². The number of hydrogen-bond donors (Lipinski definition) is 2. The Balaban J connectivity index is 2.11. The number of nitrogens with two attached hydrogens (primary N) is 1. The van der Waals surface area contributed by atoms with E-state index in [4.69, 9.17) is 5.73 Å². The molecule has 0 radical (unpaired) electrons. The van der Waals surface area contributed by atoms with Crippen LogP contribution in [0.1, 0.15) is 30.6 Å². The molecule has 0 bridgehead atoms. The van der Waals surface area contributed by atoms with Gasteiger partial charge in [0.25, 0.3) is 5.91 Å². The molecule has 3 N–H and O–H groups in total. The minimum atomic E-state index is -0.559. The molecule has 0 atom stereocenters. The van der Waals surface area contributed by atoms with Gasteiger partial charge in [0.1, 0.15) is 5.84 Å². The molecule has 0 spiro atoms. The minimum Gasteiger partial charge on any atom is -0.368 e. The lowest BCUT2D eigenvalue weighted by Gasteiger charge is -2.31. The summed E-state index contributed by atoms with van der Waals surface area (Å²) < 4.78 is 0. The molecule has 0 saturated heterocycles. The van der Waals surface area contributed by atoms with E-state index >= 15 is 0 Å². The highest BCUT2D eigenvalue weighted by molar-refractivity contribution is 6.00. The van der Waals surface area contributed by atoms with Crippen molar-refractivity contribution in [1.29, 1.82) is 0 Å². The summed E-state index contributed by atoms with van der Waals surface area (Å²) in [6, 6.07) is 7.31. The van der Waals surface area contributed by atoms with Crippen molar-refractivity contribution in [1.82, 2.24) is 5.32 Å². The number of amides is 2. The van der Waals surface area contributed by atoms with Crippen LogP contribution in [0, 0.1) is 5.92 Å². The van der Waals surface area contributed by atoms with E-state index in [1.54, 1.807) is 12.1 Å². The van der Waals surface area contributed by atoms with Crippen molar-refractivity contribution in [3.63, 3.8) is 0 Å². The van der Waals surface area contributed by atoms with Crippen LogP contribution < -0.4 is 16.0 Å². The van der Waals surface area contributed by atoms with Crippen molar-refractivity contribution in [3.05, 3.63) is 29.8 Å². The Morgan fingerprint density at radius 2 is 2.00 bits per heavy atom. The summed E-state index contributed by atoms with van der Waals surface area (Å²) in [5.74, 6) is 0.578. The highest BCUT2D eigenvalue weighted by atomic mass is 16.2. The molecular weight excluding hydrogens is 280 g/mol. The molecule has 0 fully saturated rings. The number of nitrogens with one attached hydrogen (secondary N) is 1. The van der Waals surface area contributed by atoms with Gasteiger partial charge in [-0.1, -0.05) is 13.8 Å². The van der Waals surface area contributed by atoms with Gasteiger partial charge in [-0.3, -0.25) is 14.6 Å². The summed E-state index contributed by atoms with van der Waals surface area (Å²) in [4.78, 5) is 29.3. The third-order valence-corrected chi connectivity index (χ3v) is 3.47. The van der Waals surface area contributed by atoms with Gasteiger partial charge in [0.2, 0.25) is 5.91 Å². The maximum absolute atomic E-state index is 11.9. The quantitative estimate of drug-likeness (QED) is 0.855. The first-order chi connectivity index (χ1) is 10.5. The van der Waals surface area contributed by atoms with Crippen LogP contribution in [0.25, 0.3) is 0 Å². The van der Waals surface area contributed by atoms with Crippen molar-refractivity contribution >= 4 is 23.3 Å². The fourth-order valence-electron chi connectivity index (χ4n) is 2.44. The maximum atomic E-state index is 11.9. The molecule has 1 aromatic carbocycles. The zero-order valence-corrected chi connectivity index (χ0v) is 13.0. The smallest absolute Gasteiger partial charge is 0.251 e. The van der Waals surface area contributed by atoms with E-state index in [0.717, 1.165) is 31.0 Å². The Hall–Kier alpha value is -2.37. The molecule has 2 rings (SSSR count). The van der Waals surface area contributed by atoms with Crippen molar-refractivity contribution in [2.75, 3.05) is 24.5 Å². The van der Waals surface area contributed by atoms with E-state index < -0.39 is 5.91 Å². The van der Waals surface area contributed by atoms with Crippen LogP contribution in [0.3, 0.4) is 0 Å². The normalized spacial score (nSPS) is 14.7. The van der Waals surface area contributed by atoms with Gasteiger partial charge >= 0.3 is 0 Å². The van der Waals surface area contributed by atoms with Crippen LogP contribution in [0.5, 0.6) is 0 Å². The van der Waals surface area contributed by atoms with Crippen LogP contribution in [-0.4, -0.2) is 37.3 Å². The number of nitrogens with zero attached hydrogens (tertiary/aromatic N) is 2. The molecule has 0 aliphatic carbocycles. The Morgan fingerprint density at radius 3 is 2.59 bits per heavy atom. The van der Waals surface area contributed by atoms with Gasteiger partial charge in [-0.2, -0.15) is 0 Å². The number of hydrogen-bond acceptors (Lipinski definition) is 4. The number of aliphatic imine (C=N–C) groups is 1. The first-order valence-corrected chi connectivity index (χ1v) is 7.47. The second kappa shape index (κ2) is 7.06. The molecule has 118 valence electrons. The summed E-state index contributed by atoms with van der Waals surface area (Å²) in [7, 11) is 0. The Kier molecular flexibility index (Phi) is 5.14. The molecule has 0 unspecified atom stereocenters. The Morgan fingerprint density at radius 1 is 1.32 bits per heavy atom. The summed E-state index contributed by atoms with van der Waals surface area (Å²) in [6.45, 7) is 5.91. The number of carbonyl (C=O) groups excluding carboxylic acids is 2. The lowest BCUT2D eigenvalue weighted by Crippen LogP contribution is -2.38. The lowest BCUT2D eigenvalue weighted by molar-refractivity contribution is -0.117. The van der Waals surface area contributed by atoms with E-state index in [0.29, 0.717) is 11.5 Å². The number of amidine groups is 1. The van der Waals surface area contributed by atoms with E-state index in [9.17, 15) is 9.59 Å². The van der Waals surface area contributed by atoms with Gasteiger partial charge in [-0.15, -0.1) is 0 Å². The van der Waals surface area contributed by atoms with Crippen molar-refractivity contribution in [3.8, 4) is 0 Å². The van der Waals surface area contributed by atoms with Crippen LogP contribution in [0.15, 0.2) is 29.3 Å². The molecule has 1 aromatic rings. The Labute approximate surface area is 130 Å². The molecule has 0 aromatic heterocycles. The molecule has 6 heteroatoms. The second-order valence-corrected chi connectivity index (χ2v) is 5.60. The summed E-state index contributed by atoms with van der Waals surface area (Å²) >= 11 is 0. The molecule has 1 aliphatic rings. The van der Waals surface area contributed by atoms with Gasteiger partial charge in [0.15, 0.2) is 0 Å². The van der Waals surface area contributed by atoms with Gasteiger partial charge in [0, 0.05) is 30.3 Å². The third kappa shape index (κ3) is 3.84. The van der Waals surface area contributed by atoms with E-state index in [-0.39, 0.29) is 12.5 Å². The first-order valence-electron chi connectivity index (χ1n) is 7.47. The SMILES string of the molecule is CC(C)C1=NCCCN1c1ccc(C(=O)NCC(N)=O)cc1. The van der Waals surface area contributed by atoms with Crippen molar-refractivity contribution in [2.24, 2.45) is 16.6 Å². The van der Waals surface area contributed by atoms with Crippen molar-refractivity contribution in [2.45, 2.75) is 20.3 Å². The summed E-state index contributed by atoms with van der Waals surface area (Å²) in [6.07, 6.45) is 1.02. The summed E-state index contributed by atoms with van der Waals surface area (Å²) in [5, 5.41) is 2.47. The van der Waals surface area contributed by atoms with Crippen LogP contribution in [0.2, 0.25) is 0 Å². The second-order valence-electron chi connectivity index (χ2n) is 5.60. The van der Waals surface area contributed by atoms with Crippen molar-refractivity contribution < 1.29 is 9.59 Å². The number of rotatable bonds is 5. The Bertz CT molecular complexity index is 578. The molecule has 0 saturated carbocycles. The van der Waals surface area contributed by atoms with Gasteiger partial charge in [-0.05, 0) is 30.7 Å². The topological polar surface area (TPSA) is 87.8 Å². The standard InChI is InChI=1S/C16H22N4O2/c1-11(2)15-18-8-3-9-20(15)13-6-4-12(5-7-13)16(22)19-10-14(17)21/h4-7,11H,3,8-10H2,1-2H3,(H2,17,21)(H,19,22). The fourth-order valence-corrected chi connectivity index (χ4v) is 2.44. The molecule has 1 aliphatic heterocycles. The van der Waals surface area contributed by atoms with Crippen LogP contribution in [-0.2, 0) is 4.79 Å². The maximum Gasteiger partial charge on any atom is 0.251 e. The molecular formula is C16H22N4O2. The highest BCUT2D eigenvalue weighted by Gasteiger charge is 2.19. The zero-order chi connectivity index (χ0) is 16.1. The third-order valence-electron chi connectivity index (χ3n) is 3.47. The largest absolute Gasteiger partial charge is 0.368 e. The van der Waals surface area contributed by atoms with E-state index in [1.165, 1.54) is 0 Å². The van der Waals surface area contributed by atoms with Crippen LogP contribution in [0.4, 0.5) is 5.69 Å². The molecule has 1 heterocycles. The molecule has 22 heavy (non-hydrogen) atoms. The fraction of sp³-hybridized carbons (Fsp3) is 0.438. The zero-order valence-electron chi connectivity index (χ0n) is 13.0. The highest BCUT2D eigenvalue weighted by Crippen LogP contribution is 2.21. The van der Waals surface area contributed by atoms with E-state index in [2.05, 4.69) is 29.1 Å². The van der Waals surface area contributed by atoms with Gasteiger partial charge in [0.05, 0.1) is 6.54 Å². The van der Waals surface area contributed by atoms with E-state index in [1.807, 2.05) is 12.1 Å². The molecule has 2 amide bonds. The number of carbonyl (C=O) groups is 2. The average Bonchev–Trinajstić information content (AvgIpc) is 2.52. The predicted octanol–water partition coefficient (Wildman–Crippen LogP) is 1.17. The lowest BCUT2D eigenvalue weighted by atomic mass is 10.1. The predicted molar refractivity (Wildman–Crippen MR) is 87.1 cm³/mol. The number of anilines is 1. The minimum absolute atomic E-state index is 0.156. The average molecular weight is 302 g/mol.